The van der Waals surface area contributed by atoms with Crippen LogP contribution in [-0.4, -0.2) is 85.1 Å². The van der Waals surface area contributed by atoms with Gasteiger partial charge in [-0.3, -0.25) is 29.4 Å². The Morgan fingerprint density at radius 2 is 1.51 bits per heavy atom. The molecule has 3 aromatic carbocycles. The molecule has 15 nitrogen and oxygen atoms in total. The molecule has 57 heavy (non-hydrogen) atoms. The van der Waals surface area contributed by atoms with Crippen LogP contribution < -0.4 is 25.6 Å². The van der Waals surface area contributed by atoms with Crippen molar-refractivity contribution in [2.45, 2.75) is 43.8 Å². The van der Waals surface area contributed by atoms with E-state index in [1.165, 1.54) is 6.33 Å². The summed E-state index contributed by atoms with van der Waals surface area (Å²) in [6.07, 6.45) is 7.80. The van der Waals surface area contributed by atoms with E-state index < -0.39 is 29.7 Å². The Bertz CT molecular complexity index is 2570. The first-order valence-corrected chi connectivity index (χ1v) is 19.1. The first-order chi connectivity index (χ1) is 27.8. The first-order valence-electron chi connectivity index (χ1n) is 19.1. The Labute approximate surface area is 326 Å². The van der Waals surface area contributed by atoms with Gasteiger partial charge in [0, 0.05) is 56.2 Å². The van der Waals surface area contributed by atoms with Crippen LogP contribution in [0.3, 0.4) is 0 Å². The summed E-state index contributed by atoms with van der Waals surface area (Å²) in [5.41, 5.74) is 11.4. The number of carbonyl (C=O) groups excluding carboxylic acids is 4. The summed E-state index contributed by atoms with van der Waals surface area (Å²) < 4.78 is 10.3. The van der Waals surface area contributed by atoms with Crippen molar-refractivity contribution in [1.29, 1.82) is 0 Å². The van der Waals surface area contributed by atoms with Crippen LogP contribution in [0.25, 0.3) is 22.3 Å². The molecule has 4 amide bonds. The molecule has 4 aliphatic rings. The number of ether oxygens (including phenoxy) is 1. The largest absolute Gasteiger partial charge is 0.457 e. The summed E-state index contributed by atoms with van der Waals surface area (Å²) in [6, 6.07) is 24.3. The quantitative estimate of drug-likeness (QED) is 0.201. The molecule has 0 saturated carbocycles. The third-order valence-corrected chi connectivity index (χ3v) is 11.6. The minimum atomic E-state index is -0.983. The second-order valence-electron chi connectivity index (χ2n) is 15.0. The van der Waals surface area contributed by atoms with Gasteiger partial charge in [-0.2, -0.15) is 5.10 Å². The lowest BCUT2D eigenvalue weighted by molar-refractivity contribution is -0.136. The number of benzene rings is 3. The van der Waals surface area contributed by atoms with E-state index in [-0.39, 0.29) is 36.1 Å². The molecule has 1 unspecified atom stereocenters. The number of piperidine rings is 2. The molecule has 3 fully saturated rings. The van der Waals surface area contributed by atoms with E-state index in [1.54, 1.807) is 12.1 Å². The van der Waals surface area contributed by atoms with Gasteiger partial charge in [0.2, 0.25) is 11.8 Å². The predicted octanol–water partition coefficient (Wildman–Crippen LogP) is 4.97. The van der Waals surface area contributed by atoms with Gasteiger partial charge in [-0.15, -0.1) is 0 Å². The third-order valence-electron chi connectivity index (χ3n) is 11.6. The lowest BCUT2D eigenvalue weighted by Crippen LogP contribution is -2.54. The number of nitrogens with two attached hydrogens (primary N) is 1. The molecule has 7 heterocycles. The summed E-state index contributed by atoms with van der Waals surface area (Å²) in [5.74, 6) is -0.116. The van der Waals surface area contributed by atoms with E-state index in [1.807, 2.05) is 65.3 Å². The molecule has 4 aliphatic heterocycles. The van der Waals surface area contributed by atoms with Crippen molar-refractivity contribution in [3.05, 3.63) is 109 Å². The molecule has 0 aliphatic carbocycles. The smallest absolute Gasteiger partial charge is 0.262 e. The number of aromatic nitrogens is 5. The Balaban J connectivity index is 0.782. The van der Waals surface area contributed by atoms with Gasteiger partial charge in [-0.1, -0.05) is 18.2 Å². The molecule has 15 heteroatoms. The molecule has 3 aromatic heterocycles. The van der Waals surface area contributed by atoms with Gasteiger partial charge in [0.1, 0.15) is 35.4 Å². The number of nitrogens with zero attached hydrogens (tertiary/aromatic N) is 8. The number of carbonyl (C=O) groups is 4. The highest BCUT2D eigenvalue weighted by Crippen LogP contribution is 2.38. The number of rotatable bonds is 8. The van der Waals surface area contributed by atoms with Gasteiger partial charge in [-0.05, 0) is 79.9 Å². The summed E-state index contributed by atoms with van der Waals surface area (Å²) in [5, 5.41) is 8.08. The van der Waals surface area contributed by atoms with Crippen molar-refractivity contribution in [3.63, 3.8) is 0 Å². The molecule has 3 N–H and O–H groups in total. The zero-order valence-electron chi connectivity index (χ0n) is 30.8. The number of nitrogen functional groups attached to an aromatic ring is 1. The normalized spacial score (nSPS) is 18.9. The number of anilines is 3. The molecule has 3 saturated heterocycles. The van der Waals surface area contributed by atoms with Crippen molar-refractivity contribution in [2.24, 2.45) is 0 Å². The second-order valence-corrected chi connectivity index (χ2v) is 15.0. The van der Waals surface area contributed by atoms with Crippen molar-refractivity contribution >= 4 is 51.9 Å². The van der Waals surface area contributed by atoms with Crippen LogP contribution in [0, 0.1) is 0 Å². The SMILES string of the molecule is Nc1ncnc2c1c(-c1ccc(Oc3ccccc3)cc1)nn2C1CCN(c2ccn(C3CN(c4ccc5c(c4)C(=O)N(C4CCC(=O)NC4=O)C5=O)C3)c2)CC1. The summed E-state index contributed by atoms with van der Waals surface area (Å²) >= 11 is 0. The minimum absolute atomic E-state index is 0.0856. The lowest BCUT2D eigenvalue weighted by atomic mass is 10.0. The summed E-state index contributed by atoms with van der Waals surface area (Å²) in [7, 11) is 0. The molecule has 286 valence electrons. The van der Waals surface area contributed by atoms with E-state index in [0.717, 1.165) is 89.1 Å². The molecule has 1 atom stereocenters. The third kappa shape index (κ3) is 6.02. The predicted molar refractivity (Wildman–Crippen MR) is 211 cm³/mol. The zero-order valence-corrected chi connectivity index (χ0v) is 30.8. The highest BCUT2D eigenvalue weighted by Gasteiger charge is 2.45. The number of nitrogens with one attached hydrogen (secondary N) is 1. The van der Waals surface area contributed by atoms with E-state index in [2.05, 4.69) is 48.1 Å². The average Bonchev–Trinajstić information content (AvgIpc) is 3.91. The van der Waals surface area contributed by atoms with Crippen LogP contribution in [0.5, 0.6) is 11.5 Å². The lowest BCUT2D eigenvalue weighted by Gasteiger charge is -2.42. The molecule has 0 spiro atoms. The molecule has 0 bridgehead atoms. The van der Waals surface area contributed by atoms with Gasteiger partial charge in [0.05, 0.1) is 34.3 Å². The maximum atomic E-state index is 13.3. The first kappa shape index (κ1) is 34.5. The van der Waals surface area contributed by atoms with E-state index >= 15 is 0 Å². The number of imide groups is 2. The van der Waals surface area contributed by atoms with Crippen LogP contribution in [0.1, 0.15) is 58.5 Å². The minimum Gasteiger partial charge on any atom is -0.457 e. The van der Waals surface area contributed by atoms with Gasteiger partial charge in [-0.25, -0.2) is 14.6 Å². The fourth-order valence-corrected chi connectivity index (χ4v) is 8.45. The number of amides is 4. The monoisotopic (exact) mass is 762 g/mol. The highest BCUT2D eigenvalue weighted by molar-refractivity contribution is 6.23. The molecular formula is C42H38N10O5. The Morgan fingerprint density at radius 3 is 2.28 bits per heavy atom. The number of hydrogen-bond acceptors (Lipinski definition) is 11. The highest BCUT2D eigenvalue weighted by atomic mass is 16.5. The van der Waals surface area contributed by atoms with E-state index in [4.69, 9.17) is 15.6 Å². The van der Waals surface area contributed by atoms with Gasteiger partial charge >= 0.3 is 0 Å². The average molecular weight is 763 g/mol. The second kappa shape index (κ2) is 13.6. The number of hydrogen-bond donors (Lipinski definition) is 2. The standard InChI is InChI=1S/C42H38N10O5/c43-38-36-37(25-6-9-31(10-7-25)57-30-4-2-1-3-5-30)47-52(39(36)45-24-44-38)26-14-17-48(18-15-26)28-16-19-49(21-28)29-22-50(23-29)27-8-11-32-33(20-27)42(56)51(41(32)55)34-12-13-35(53)46-40(34)54/h1-11,16,19-21,24,26,29,34H,12-15,17-18,22-23H2,(H2,43,44,45)(H,46,53,54). The van der Waals surface area contributed by atoms with E-state index in [9.17, 15) is 19.2 Å². The van der Waals surface area contributed by atoms with Gasteiger partial charge in [0.15, 0.2) is 5.65 Å². The Hall–Kier alpha value is -7.03. The van der Waals surface area contributed by atoms with Crippen LogP contribution >= 0.6 is 0 Å². The fourth-order valence-electron chi connectivity index (χ4n) is 8.45. The Morgan fingerprint density at radius 1 is 0.754 bits per heavy atom. The van der Waals surface area contributed by atoms with Gasteiger partial charge in [0.25, 0.3) is 11.8 Å². The van der Waals surface area contributed by atoms with E-state index in [0.29, 0.717) is 5.82 Å². The zero-order chi connectivity index (χ0) is 38.8. The van der Waals surface area contributed by atoms with Crippen molar-refractivity contribution in [1.82, 2.24) is 34.5 Å². The summed E-state index contributed by atoms with van der Waals surface area (Å²) in [6.45, 7) is 3.20. The fraction of sp³-hybridized carbons (Fsp3) is 0.262. The maximum Gasteiger partial charge on any atom is 0.262 e. The van der Waals surface area contributed by atoms with Crippen molar-refractivity contribution in [3.8, 4) is 22.8 Å². The molecule has 6 aromatic rings. The summed E-state index contributed by atoms with van der Waals surface area (Å²) in [4.78, 5) is 65.1. The number of fused-ring (bicyclic) bond motifs is 2. The van der Waals surface area contributed by atoms with Crippen LogP contribution in [-0.2, 0) is 9.59 Å². The number of para-hydroxylation sites is 1. The van der Waals surface area contributed by atoms with Crippen molar-refractivity contribution in [2.75, 3.05) is 41.7 Å². The topological polar surface area (TPSA) is 174 Å². The van der Waals surface area contributed by atoms with Gasteiger partial charge < -0.3 is 24.8 Å². The molecule has 0 radical (unpaired) electrons. The molecule has 10 rings (SSSR count). The van der Waals surface area contributed by atoms with Crippen LogP contribution in [0.4, 0.5) is 17.2 Å². The maximum absolute atomic E-state index is 13.3. The van der Waals surface area contributed by atoms with Crippen LogP contribution in [0.15, 0.2) is 97.6 Å². The van der Waals surface area contributed by atoms with Crippen molar-refractivity contribution < 1.29 is 23.9 Å². The van der Waals surface area contributed by atoms with Crippen LogP contribution in [0.2, 0.25) is 0 Å². The Kier molecular flexibility index (Phi) is 8.23. The molecular weight excluding hydrogens is 725 g/mol.